The van der Waals surface area contributed by atoms with E-state index in [-0.39, 0.29) is 18.3 Å². The Hall–Kier alpha value is -4.16. The highest BCUT2D eigenvalue weighted by atomic mass is 32.2. The molecule has 1 heterocycles. The van der Waals surface area contributed by atoms with Crippen molar-refractivity contribution in [3.63, 3.8) is 0 Å². The number of rotatable bonds is 6. The number of nitrogens with zero attached hydrogens (tertiary/aromatic N) is 2. The molecule has 0 spiro atoms. The molecule has 4 aromatic carbocycles. The Kier molecular flexibility index (Phi) is 7.19. The maximum absolute atomic E-state index is 13.8. The number of hydrogen-bond donors (Lipinski definition) is 0. The van der Waals surface area contributed by atoms with Gasteiger partial charge in [0.25, 0.3) is 5.91 Å². The summed E-state index contributed by atoms with van der Waals surface area (Å²) in [5.41, 5.74) is 5.18. The summed E-state index contributed by atoms with van der Waals surface area (Å²) in [6.45, 7) is 4.19. The minimum absolute atomic E-state index is 0.125. The highest BCUT2D eigenvalue weighted by Crippen LogP contribution is 2.37. The predicted octanol–water partition coefficient (Wildman–Crippen LogP) is 7.83. The van der Waals surface area contributed by atoms with Gasteiger partial charge in [-0.05, 0) is 79.7 Å². The molecule has 37 heavy (non-hydrogen) atoms. The van der Waals surface area contributed by atoms with Gasteiger partial charge in [-0.25, -0.2) is 9.38 Å². The van der Waals surface area contributed by atoms with Crippen LogP contribution in [0.1, 0.15) is 22.3 Å². The largest absolute Gasteiger partial charge is 0.489 e. The number of benzene rings is 4. The van der Waals surface area contributed by atoms with E-state index in [0.717, 1.165) is 28.1 Å². The lowest BCUT2D eigenvalue weighted by molar-refractivity contribution is -0.113. The molecule has 0 aliphatic carbocycles. The molecule has 1 aliphatic heterocycles. The maximum atomic E-state index is 13.8. The Morgan fingerprint density at radius 3 is 2.19 bits per heavy atom. The van der Waals surface area contributed by atoms with Crippen molar-refractivity contribution in [1.29, 1.82) is 0 Å². The standard InChI is InChI=1S/C31H25FN2O2S/c1-21-7-13-25(14-8-21)33-31-34(26-15-9-22(2)10-16-26)30(35)29(37-31)19-23-11-17-27(18-12-23)36-20-24-5-3-4-6-28(24)32/h3-19H,20H2,1-2H3/b29-19-,33-31?. The molecule has 0 N–H and O–H groups in total. The van der Waals surface area contributed by atoms with E-state index < -0.39 is 0 Å². The van der Waals surface area contributed by atoms with Gasteiger partial charge in [0.05, 0.1) is 16.3 Å². The molecular formula is C31H25FN2O2S. The number of halogens is 1. The van der Waals surface area contributed by atoms with Crippen LogP contribution in [0.5, 0.6) is 5.75 Å². The van der Waals surface area contributed by atoms with Gasteiger partial charge in [-0.15, -0.1) is 0 Å². The molecule has 1 saturated heterocycles. The van der Waals surface area contributed by atoms with Crippen LogP contribution in [0.15, 0.2) is 107 Å². The normalized spacial score (nSPS) is 15.5. The molecule has 6 heteroatoms. The van der Waals surface area contributed by atoms with E-state index in [9.17, 15) is 9.18 Å². The number of aliphatic imine (C=N–C) groups is 1. The lowest BCUT2D eigenvalue weighted by Crippen LogP contribution is -2.28. The summed E-state index contributed by atoms with van der Waals surface area (Å²) in [6, 6.07) is 29.7. The molecule has 0 unspecified atom stereocenters. The number of carbonyl (C=O) groups excluding carboxylic acids is 1. The number of aryl methyl sites for hydroxylation is 2. The quantitative estimate of drug-likeness (QED) is 0.249. The Morgan fingerprint density at radius 2 is 1.51 bits per heavy atom. The average Bonchev–Trinajstić information content (AvgIpc) is 3.20. The molecule has 4 nitrogen and oxygen atoms in total. The average molecular weight is 509 g/mol. The third-order valence-corrected chi connectivity index (χ3v) is 6.86. The van der Waals surface area contributed by atoms with Gasteiger partial charge in [0.2, 0.25) is 0 Å². The highest BCUT2D eigenvalue weighted by Gasteiger charge is 2.34. The molecule has 0 aromatic heterocycles. The first-order chi connectivity index (χ1) is 18.0. The molecule has 0 saturated carbocycles. The van der Waals surface area contributed by atoms with Crippen molar-refractivity contribution in [2.45, 2.75) is 20.5 Å². The first kappa shape index (κ1) is 24.5. The summed E-state index contributed by atoms with van der Waals surface area (Å²) >= 11 is 1.35. The molecule has 0 atom stereocenters. The van der Waals surface area contributed by atoms with E-state index >= 15 is 0 Å². The van der Waals surface area contributed by atoms with Gasteiger partial charge in [0.1, 0.15) is 18.2 Å². The zero-order valence-electron chi connectivity index (χ0n) is 20.5. The number of ether oxygens (including phenoxy) is 1. The van der Waals surface area contributed by atoms with Crippen LogP contribution in [-0.4, -0.2) is 11.1 Å². The number of anilines is 1. The van der Waals surface area contributed by atoms with Crippen molar-refractivity contribution in [2.24, 2.45) is 4.99 Å². The third kappa shape index (κ3) is 5.81. The zero-order chi connectivity index (χ0) is 25.8. The fourth-order valence-corrected chi connectivity index (χ4v) is 4.79. The summed E-state index contributed by atoms with van der Waals surface area (Å²) in [7, 11) is 0. The monoisotopic (exact) mass is 508 g/mol. The number of hydrogen-bond acceptors (Lipinski definition) is 4. The first-order valence-electron chi connectivity index (χ1n) is 11.9. The molecule has 0 bridgehead atoms. The third-order valence-electron chi connectivity index (χ3n) is 5.89. The summed E-state index contributed by atoms with van der Waals surface area (Å²) in [4.78, 5) is 20.5. The van der Waals surface area contributed by atoms with E-state index in [1.54, 1.807) is 23.1 Å². The number of amidine groups is 1. The number of amides is 1. The van der Waals surface area contributed by atoms with Crippen molar-refractivity contribution in [1.82, 2.24) is 0 Å². The van der Waals surface area contributed by atoms with Crippen LogP contribution in [0, 0.1) is 19.7 Å². The van der Waals surface area contributed by atoms with Crippen LogP contribution in [-0.2, 0) is 11.4 Å². The molecule has 0 radical (unpaired) electrons. The van der Waals surface area contributed by atoms with Gasteiger partial charge in [-0.3, -0.25) is 9.69 Å². The van der Waals surface area contributed by atoms with E-state index in [1.165, 1.54) is 17.8 Å². The van der Waals surface area contributed by atoms with Crippen molar-refractivity contribution in [3.8, 4) is 5.75 Å². The van der Waals surface area contributed by atoms with Gasteiger partial charge in [0.15, 0.2) is 5.17 Å². The van der Waals surface area contributed by atoms with Crippen LogP contribution in [0.2, 0.25) is 0 Å². The fourth-order valence-electron chi connectivity index (χ4n) is 3.79. The number of carbonyl (C=O) groups is 1. The van der Waals surface area contributed by atoms with Gasteiger partial charge in [-0.2, -0.15) is 0 Å². The summed E-state index contributed by atoms with van der Waals surface area (Å²) in [6.07, 6.45) is 1.85. The lowest BCUT2D eigenvalue weighted by atomic mass is 10.2. The smallest absolute Gasteiger partial charge is 0.271 e. The van der Waals surface area contributed by atoms with Crippen molar-refractivity contribution in [3.05, 3.63) is 130 Å². The topological polar surface area (TPSA) is 41.9 Å². The Labute approximate surface area is 220 Å². The van der Waals surface area contributed by atoms with Gasteiger partial charge in [-0.1, -0.05) is 65.7 Å². The molecule has 184 valence electrons. The molecule has 1 amide bonds. The van der Waals surface area contributed by atoms with Gasteiger partial charge in [0, 0.05) is 5.56 Å². The molecular weight excluding hydrogens is 483 g/mol. The fraction of sp³-hybridized carbons (Fsp3) is 0.0968. The van der Waals surface area contributed by atoms with Crippen molar-refractivity contribution >= 4 is 40.3 Å². The first-order valence-corrected chi connectivity index (χ1v) is 12.7. The number of thioether (sulfide) groups is 1. The second kappa shape index (κ2) is 10.8. The van der Waals surface area contributed by atoms with E-state index in [4.69, 9.17) is 9.73 Å². The second-order valence-corrected chi connectivity index (χ2v) is 9.77. The van der Waals surface area contributed by atoms with E-state index in [0.29, 0.717) is 21.4 Å². The van der Waals surface area contributed by atoms with E-state index in [1.807, 2.05) is 92.7 Å². The van der Waals surface area contributed by atoms with Crippen LogP contribution < -0.4 is 9.64 Å². The second-order valence-electron chi connectivity index (χ2n) is 8.77. The van der Waals surface area contributed by atoms with Crippen LogP contribution in [0.4, 0.5) is 15.8 Å². The van der Waals surface area contributed by atoms with Crippen molar-refractivity contribution in [2.75, 3.05) is 4.90 Å². The molecule has 4 aromatic rings. The molecule has 1 fully saturated rings. The van der Waals surface area contributed by atoms with Gasteiger partial charge >= 0.3 is 0 Å². The highest BCUT2D eigenvalue weighted by molar-refractivity contribution is 8.19. The van der Waals surface area contributed by atoms with Crippen LogP contribution in [0.3, 0.4) is 0 Å². The SMILES string of the molecule is Cc1ccc(N=C2S/C(=C\c3ccc(OCc4ccccc4F)cc3)C(=O)N2c2ccc(C)cc2)cc1. The minimum Gasteiger partial charge on any atom is -0.489 e. The summed E-state index contributed by atoms with van der Waals surface area (Å²) in [5, 5.41) is 0.605. The summed E-state index contributed by atoms with van der Waals surface area (Å²) in [5.74, 6) is 0.208. The van der Waals surface area contributed by atoms with Gasteiger partial charge < -0.3 is 4.74 Å². The molecule has 1 aliphatic rings. The van der Waals surface area contributed by atoms with E-state index in [2.05, 4.69) is 0 Å². The van der Waals surface area contributed by atoms with Crippen LogP contribution in [0.25, 0.3) is 6.08 Å². The van der Waals surface area contributed by atoms with Crippen LogP contribution >= 0.6 is 11.8 Å². The lowest BCUT2D eigenvalue weighted by Gasteiger charge is -2.16. The molecule has 5 rings (SSSR count). The Balaban J connectivity index is 1.39. The predicted molar refractivity (Wildman–Crippen MR) is 150 cm³/mol. The Morgan fingerprint density at radius 1 is 0.865 bits per heavy atom. The van der Waals surface area contributed by atoms with Crippen molar-refractivity contribution < 1.29 is 13.9 Å². The summed E-state index contributed by atoms with van der Waals surface area (Å²) < 4.78 is 19.6. The maximum Gasteiger partial charge on any atom is 0.271 e. The zero-order valence-corrected chi connectivity index (χ0v) is 21.3. The Bertz CT molecular complexity index is 1480. The minimum atomic E-state index is -0.290.